The number of fused-ring (bicyclic) bond motifs is 1. The van der Waals surface area contributed by atoms with Crippen molar-refractivity contribution in [3.05, 3.63) is 23.3 Å². The van der Waals surface area contributed by atoms with Crippen LogP contribution in [0.2, 0.25) is 0 Å². The first-order valence-corrected chi connectivity index (χ1v) is 9.13. The van der Waals surface area contributed by atoms with E-state index in [2.05, 4.69) is 13.8 Å². The van der Waals surface area contributed by atoms with Crippen molar-refractivity contribution in [3.63, 3.8) is 0 Å². The highest BCUT2D eigenvalue weighted by atomic mass is 16.7. The van der Waals surface area contributed by atoms with Crippen molar-refractivity contribution in [1.82, 2.24) is 0 Å². The van der Waals surface area contributed by atoms with Gasteiger partial charge in [-0.15, -0.1) is 0 Å². The lowest BCUT2D eigenvalue weighted by molar-refractivity contribution is -0.148. The second-order valence-corrected chi connectivity index (χ2v) is 9.17. The van der Waals surface area contributed by atoms with Crippen molar-refractivity contribution >= 4 is 11.8 Å². The summed E-state index contributed by atoms with van der Waals surface area (Å²) in [6.45, 7) is 8.52. The van der Waals surface area contributed by atoms with E-state index in [0.29, 0.717) is 0 Å². The number of carbonyl (C=O) groups excluding carboxylic acids is 2. The third kappa shape index (κ3) is 1.42. The zero-order valence-corrected chi connectivity index (χ0v) is 14.7. The average Bonchev–Trinajstić information content (AvgIpc) is 3.14. The van der Waals surface area contributed by atoms with Crippen LogP contribution >= 0.6 is 0 Å². The van der Waals surface area contributed by atoms with E-state index in [9.17, 15) is 9.59 Å². The number of rotatable bonds is 1. The predicted octanol–water partition coefficient (Wildman–Crippen LogP) is 2.97. The Labute approximate surface area is 142 Å². The van der Waals surface area contributed by atoms with Gasteiger partial charge in [0.05, 0.1) is 5.41 Å². The second-order valence-electron chi connectivity index (χ2n) is 9.17. The zero-order valence-electron chi connectivity index (χ0n) is 14.7. The molecule has 2 heterocycles. The molecular formula is C20H24O4. The van der Waals surface area contributed by atoms with Crippen LogP contribution in [0.15, 0.2) is 23.3 Å². The molecule has 24 heavy (non-hydrogen) atoms. The summed E-state index contributed by atoms with van der Waals surface area (Å²) in [7, 11) is 0. The van der Waals surface area contributed by atoms with Crippen molar-refractivity contribution in [3.8, 4) is 0 Å². The van der Waals surface area contributed by atoms with Crippen molar-refractivity contribution in [2.24, 2.45) is 22.7 Å². The third-order valence-electron chi connectivity index (χ3n) is 7.14. The summed E-state index contributed by atoms with van der Waals surface area (Å²) in [5.41, 5.74) is 0.491. The van der Waals surface area contributed by atoms with Crippen LogP contribution in [0.3, 0.4) is 0 Å². The summed E-state index contributed by atoms with van der Waals surface area (Å²) < 4.78 is 12.1. The molecule has 3 aliphatic carbocycles. The highest BCUT2D eigenvalue weighted by Crippen LogP contribution is 2.73. The predicted molar refractivity (Wildman–Crippen MR) is 87.1 cm³/mol. The molecule has 2 saturated heterocycles. The van der Waals surface area contributed by atoms with Crippen LogP contribution in [0.5, 0.6) is 0 Å². The molecule has 0 amide bonds. The van der Waals surface area contributed by atoms with Gasteiger partial charge in [0.25, 0.3) is 0 Å². The zero-order chi connectivity index (χ0) is 17.1. The van der Waals surface area contributed by atoms with E-state index in [1.807, 2.05) is 19.9 Å². The molecule has 0 radical (unpaired) electrons. The Morgan fingerprint density at radius 1 is 1.21 bits per heavy atom. The minimum absolute atomic E-state index is 0.0130. The smallest absolute Gasteiger partial charge is 0.317 e. The van der Waals surface area contributed by atoms with Gasteiger partial charge in [0, 0.05) is 11.5 Å². The molecule has 2 saturated carbocycles. The standard InChI is InChI=1S/C20H24O4/c1-10(2)11-9-20-13(8-12(11)21)19-7-5-6-18(3,4)15(19)14(16(20)24-20)23-17(19)22/h8-10,14-16H,5-7H2,1-4H3/t14-,15+,16+,19+,20-/m1/s1. The quantitative estimate of drug-likeness (QED) is 0.548. The van der Waals surface area contributed by atoms with Crippen molar-refractivity contribution in [1.29, 1.82) is 0 Å². The molecular weight excluding hydrogens is 304 g/mol. The number of ether oxygens (including phenoxy) is 2. The molecule has 5 rings (SSSR count). The lowest BCUT2D eigenvalue weighted by Crippen LogP contribution is -2.56. The normalized spacial score (nSPS) is 47.3. The minimum Gasteiger partial charge on any atom is -0.458 e. The topological polar surface area (TPSA) is 55.9 Å². The highest BCUT2D eigenvalue weighted by molar-refractivity contribution is 6.08. The molecule has 4 nitrogen and oxygen atoms in total. The van der Waals surface area contributed by atoms with Crippen molar-refractivity contribution in [2.75, 3.05) is 0 Å². The number of epoxide rings is 1. The Kier molecular flexibility index (Phi) is 2.50. The van der Waals surface area contributed by atoms with Gasteiger partial charge >= 0.3 is 5.97 Å². The fourth-order valence-electron chi connectivity index (χ4n) is 6.16. The molecule has 0 aromatic carbocycles. The minimum atomic E-state index is -0.659. The maximum atomic E-state index is 13.0. The van der Waals surface area contributed by atoms with Crippen LogP contribution in [0, 0.1) is 22.7 Å². The maximum Gasteiger partial charge on any atom is 0.317 e. The number of ketones is 1. The van der Waals surface area contributed by atoms with Gasteiger partial charge in [-0.1, -0.05) is 34.1 Å². The largest absolute Gasteiger partial charge is 0.458 e. The summed E-state index contributed by atoms with van der Waals surface area (Å²) in [6.07, 6.45) is 6.29. The van der Waals surface area contributed by atoms with E-state index in [0.717, 1.165) is 30.4 Å². The SMILES string of the molecule is CC(C)C1=C[C@]23O[C@H]2[C@@H]2OC(=O)[C@@]4(CCCC(C)(C)[C@H]24)C3=CC1=O. The molecule has 4 heteroatoms. The summed E-state index contributed by atoms with van der Waals surface area (Å²) in [4.78, 5) is 25.7. The van der Waals surface area contributed by atoms with Gasteiger partial charge in [-0.2, -0.15) is 0 Å². The van der Waals surface area contributed by atoms with Crippen LogP contribution < -0.4 is 0 Å². The van der Waals surface area contributed by atoms with Gasteiger partial charge in [0.15, 0.2) is 5.78 Å². The molecule has 4 fully saturated rings. The Morgan fingerprint density at radius 3 is 2.67 bits per heavy atom. The first-order chi connectivity index (χ1) is 11.2. The van der Waals surface area contributed by atoms with Crippen molar-refractivity contribution in [2.45, 2.75) is 64.8 Å². The summed E-state index contributed by atoms with van der Waals surface area (Å²) in [6, 6.07) is 0. The number of esters is 1. The number of allylic oxidation sites excluding steroid dienone is 2. The lowest BCUT2D eigenvalue weighted by atomic mass is 9.47. The molecule has 2 aliphatic heterocycles. The van der Waals surface area contributed by atoms with Crippen molar-refractivity contribution < 1.29 is 19.1 Å². The molecule has 1 spiro atoms. The van der Waals surface area contributed by atoms with Crippen LogP contribution in [0.4, 0.5) is 0 Å². The van der Waals surface area contributed by atoms with Gasteiger partial charge < -0.3 is 9.47 Å². The van der Waals surface area contributed by atoms with Crippen LogP contribution in [0.25, 0.3) is 0 Å². The van der Waals surface area contributed by atoms with Gasteiger partial charge in [-0.05, 0) is 41.9 Å². The van der Waals surface area contributed by atoms with Gasteiger partial charge in [-0.25, -0.2) is 0 Å². The van der Waals surface area contributed by atoms with Crippen LogP contribution in [-0.2, 0) is 19.1 Å². The molecule has 2 bridgehead atoms. The Morgan fingerprint density at radius 2 is 1.96 bits per heavy atom. The lowest BCUT2D eigenvalue weighted by Gasteiger charge is -2.51. The van der Waals surface area contributed by atoms with Crippen LogP contribution in [-0.4, -0.2) is 29.6 Å². The van der Waals surface area contributed by atoms with Crippen LogP contribution in [0.1, 0.15) is 47.0 Å². The molecule has 5 aliphatic rings. The fourth-order valence-corrected chi connectivity index (χ4v) is 6.16. The molecule has 0 unspecified atom stereocenters. The number of carbonyl (C=O) groups is 2. The first kappa shape index (κ1) is 14.9. The summed E-state index contributed by atoms with van der Waals surface area (Å²) in [5, 5.41) is 0. The molecule has 0 N–H and O–H groups in total. The van der Waals surface area contributed by atoms with E-state index < -0.39 is 11.0 Å². The van der Waals surface area contributed by atoms with E-state index >= 15 is 0 Å². The first-order valence-electron chi connectivity index (χ1n) is 9.13. The Balaban J connectivity index is 1.73. The van der Waals surface area contributed by atoms with E-state index in [4.69, 9.17) is 9.47 Å². The Bertz CT molecular complexity index is 743. The molecule has 0 aromatic rings. The van der Waals surface area contributed by atoms with E-state index in [1.54, 1.807) is 6.08 Å². The van der Waals surface area contributed by atoms with E-state index in [-0.39, 0.29) is 41.2 Å². The highest BCUT2D eigenvalue weighted by Gasteiger charge is 2.82. The fraction of sp³-hybridized carbons (Fsp3) is 0.700. The third-order valence-corrected chi connectivity index (χ3v) is 7.14. The van der Waals surface area contributed by atoms with Gasteiger partial charge in [-0.3, -0.25) is 9.59 Å². The maximum absolute atomic E-state index is 13.0. The Hall–Kier alpha value is -1.42. The molecule has 0 aromatic heterocycles. The molecule has 128 valence electrons. The van der Waals surface area contributed by atoms with E-state index in [1.165, 1.54) is 0 Å². The summed E-state index contributed by atoms with van der Waals surface area (Å²) in [5.74, 6) is 0.178. The van der Waals surface area contributed by atoms with Gasteiger partial charge in [0.1, 0.15) is 17.8 Å². The molecule has 5 atom stereocenters. The second kappa shape index (κ2) is 4.04. The van der Waals surface area contributed by atoms with Gasteiger partial charge in [0.2, 0.25) is 0 Å². The number of hydrogen-bond donors (Lipinski definition) is 0. The number of hydrogen-bond acceptors (Lipinski definition) is 4. The summed E-state index contributed by atoms with van der Waals surface area (Å²) >= 11 is 0. The average molecular weight is 328 g/mol. The monoisotopic (exact) mass is 328 g/mol.